The summed E-state index contributed by atoms with van der Waals surface area (Å²) in [6.07, 6.45) is 6.90. The topological polar surface area (TPSA) is 26.0 Å². The zero-order valence-electron chi connectivity index (χ0n) is 10.5. The summed E-state index contributed by atoms with van der Waals surface area (Å²) in [5.74, 6) is 0.645. The van der Waals surface area contributed by atoms with Gasteiger partial charge in [-0.05, 0) is 42.4 Å². The normalized spacial score (nSPS) is 13.7. The summed E-state index contributed by atoms with van der Waals surface area (Å²) in [5.41, 5.74) is 6.92. The van der Waals surface area contributed by atoms with E-state index in [4.69, 9.17) is 5.73 Å². The van der Waals surface area contributed by atoms with Gasteiger partial charge in [0.25, 0.3) is 0 Å². The van der Waals surface area contributed by atoms with E-state index in [-0.39, 0.29) is 0 Å². The molecular weight excluding hydrogens is 202 g/mol. The molecule has 0 aliphatic carbocycles. The second-order valence-electron chi connectivity index (χ2n) is 4.27. The molecule has 0 spiro atoms. The third-order valence-corrected chi connectivity index (χ3v) is 3.27. The summed E-state index contributed by atoms with van der Waals surface area (Å²) in [7, 11) is 0. The van der Waals surface area contributed by atoms with Crippen molar-refractivity contribution in [3.8, 4) is 0 Å². The van der Waals surface area contributed by atoms with Gasteiger partial charge in [0.2, 0.25) is 0 Å². The van der Waals surface area contributed by atoms with E-state index in [9.17, 15) is 0 Å². The maximum absolute atomic E-state index is 5.92. The summed E-state index contributed by atoms with van der Waals surface area (Å²) in [4.78, 5) is 1.43. The SMILES string of the molecule is C/C=C(/CCCC)S/C=C(\N)CC(C)C. The standard InChI is InChI=1S/C13H25NS/c1-5-7-8-13(6-2)15-10-12(14)9-11(3)4/h6,10-11H,5,7-9,14H2,1-4H3/b12-10-,13-6-. The third kappa shape index (κ3) is 8.61. The number of unbranched alkanes of at least 4 members (excludes halogenated alkanes) is 1. The highest BCUT2D eigenvalue weighted by molar-refractivity contribution is 8.05. The highest BCUT2D eigenvalue weighted by Gasteiger charge is 1.98. The number of hydrogen-bond acceptors (Lipinski definition) is 2. The van der Waals surface area contributed by atoms with Crippen molar-refractivity contribution in [2.75, 3.05) is 0 Å². The predicted molar refractivity (Wildman–Crippen MR) is 72.6 cm³/mol. The van der Waals surface area contributed by atoms with Crippen LogP contribution >= 0.6 is 11.8 Å². The minimum atomic E-state index is 0.645. The van der Waals surface area contributed by atoms with Crippen LogP contribution in [0.25, 0.3) is 0 Å². The average molecular weight is 227 g/mol. The Morgan fingerprint density at radius 3 is 2.53 bits per heavy atom. The Balaban J connectivity index is 3.98. The van der Waals surface area contributed by atoms with Crippen molar-refractivity contribution >= 4 is 11.8 Å². The first-order chi connectivity index (χ1) is 7.10. The average Bonchev–Trinajstić information content (AvgIpc) is 2.17. The van der Waals surface area contributed by atoms with Crippen molar-refractivity contribution in [1.29, 1.82) is 0 Å². The molecule has 0 aliphatic heterocycles. The molecule has 0 aromatic carbocycles. The van der Waals surface area contributed by atoms with Crippen LogP contribution in [-0.2, 0) is 0 Å². The highest BCUT2D eigenvalue weighted by Crippen LogP contribution is 2.24. The summed E-state index contributed by atoms with van der Waals surface area (Å²) in [5, 5.41) is 2.10. The summed E-state index contributed by atoms with van der Waals surface area (Å²) in [6.45, 7) is 8.71. The van der Waals surface area contributed by atoms with Gasteiger partial charge in [0, 0.05) is 5.70 Å². The molecule has 88 valence electrons. The van der Waals surface area contributed by atoms with E-state index < -0.39 is 0 Å². The maximum atomic E-state index is 5.92. The maximum Gasteiger partial charge on any atom is 0.0150 e. The lowest BCUT2D eigenvalue weighted by atomic mass is 10.1. The smallest absolute Gasteiger partial charge is 0.0150 e. The van der Waals surface area contributed by atoms with Gasteiger partial charge < -0.3 is 5.73 Å². The fourth-order valence-electron chi connectivity index (χ4n) is 1.29. The van der Waals surface area contributed by atoms with Crippen LogP contribution in [-0.4, -0.2) is 0 Å². The molecule has 2 heteroatoms. The molecule has 0 heterocycles. The lowest BCUT2D eigenvalue weighted by molar-refractivity contribution is 0.639. The Kier molecular flexibility index (Phi) is 8.68. The number of hydrogen-bond donors (Lipinski definition) is 1. The molecule has 0 saturated heterocycles. The fourth-order valence-corrected chi connectivity index (χ4v) is 2.09. The van der Waals surface area contributed by atoms with Gasteiger partial charge in [-0.25, -0.2) is 0 Å². The molecule has 1 nitrogen and oxygen atoms in total. The van der Waals surface area contributed by atoms with Crippen LogP contribution in [0.1, 0.15) is 53.4 Å². The van der Waals surface area contributed by atoms with Gasteiger partial charge in [-0.15, -0.1) is 11.8 Å². The first-order valence-corrected chi connectivity index (χ1v) is 6.74. The van der Waals surface area contributed by atoms with Gasteiger partial charge in [0.05, 0.1) is 0 Å². The molecule has 0 radical (unpaired) electrons. The number of rotatable bonds is 7. The van der Waals surface area contributed by atoms with Crippen molar-refractivity contribution < 1.29 is 0 Å². The predicted octanol–water partition coefficient (Wildman–Crippen LogP) is 4.66. The Morgan fingerprint density at radius 1 is 1.40 bits per heavy atom. The van der Waals surface area contributed by atoms with E-state index in [1.165, 1.54) is 24.2 Å². The largest absolute Gasteiger partial charge is 0.402 e. The van der Waals surface area contributed by atoms with E-state index in [1.807, 2.05) is 0 Å². The number of allylic oxidation sites excluding steroid dienone is 3. The Labute approximate surface area is 99.2 Å². The Morgan fingerprint density at radius 2 is 2.07 bits per heavy atom. The zero-order valence-corrected chi connectivity index (χ0v) is 11.4. The van der Waals surface area contributed by atoms with Gasteiger partial charge in [0.1, 0.15) is 0 Å². The van der Waals surface area contributed by atoms with Gasteiger partial charge in [-0.1, -0.05) is 33.3 Å². The minimum absolute atomic E-state index is 0.645. The van der Waals surface area contributed by atoms with Crippen LogP contribution in [0.15, 0.2) is 22.1 Å². The van der Waals surface area contributed by atoms with Gasteiger partial charge in [-0.3, -0.25) is 0 Å². The quantitative estimate of drug-likeness (QED) is 0.684. The second kappa shape index (κ2) is 8.90. The minimum Gasteiger partial charge on any atom is -0.402 e. The van der Waals surface area contributed by atoms with Crippen LogP contribution in [0.3, 0.4) is 0 Å². The molecule has 0 saturated carbocycles. The molecule has 2 N–H and O–H groups in total. The third-order valence-electron chi connectivity index (χ3n) is 2.10. The molecule has 0 aliphatic rings. The van der Waals surface area contributed by atoms with E-state index in [2.05, 4.69) is 39.2 Å². The molecule has 0 fully saturated rings. The van der Waals surface area contributed by atoms with Crippen LogP contribution < -0.4 is 5.73 Å². The zero-order chi connectivity index (χ0) is 11.7. The number of thioether (sulfide) groups is 1. The molecule has 0 aromatic heterocycles. The summed E-state index contributed by atoms with van der Waals surface area (Å²) in [6, 6.07) is 0. The fraction of sp³-hybridized carbons (Fsp3) is 0.692. The summed E-state index contributed by atoms with van der Waals surface area (Å²) < 4.78 is 0. The molecule has 0 bridgehead atoms. The van der Waals surface area contributed by atoms with E-state index >= 15 is 0 Å². The lowest BCUT2D eigenvalue weighted by Gasteiger charge is -2.06. The van der Waals surface area contributed by atoms with E-state index in [1.54, 1.807) is 11.8 Å². The van der Waals surface area contributed by atoms with Gasteiger partial charge >= 0.3 is 0 Å². The molecule has 0 amide bonds. The van der Waals surface area contributed by atoms with Crippen molar-refractivity contribution in [3.63, 3.8) is 0 Å². The van der Waals surface area contributed by atoms with Crippen LogP contribution in [0.2, 0.25) is 0 Å². The van der Waals surface area contributed by atoms with Crippen LogP contribution in [0.5, 0.6) is 0 Å². The molecule has 0 unspecified atom stereocenters. The second-order valence-corrected chi connectivity index (χ2v) is 5.26. The monoisotopic (exact) mass is 227 g/mol. The lowest BCUT2D eigenvalue weighted by Crippen LogP contribution is -2.00. The van der Waals surface area contributed by atoms with Gasteiger partial charge in [-0.2, -0.15) is 0 Å². The van der Waals surface area contributed by atoms with Crippen LogP contribution in [0, 0.1) is 5.92 Å². The van der Waals surface area contributed by atoms with E-state index in [0.29, 0.717) is 5.92 Å². The molecule has 15 heavy (non-hydrogen) atoms. The Bertz CT molecular complexity index is 217. The highest BCUT2D eigenvalue weighted by atomic mass is 32.2. The first-order valence-electron chi connectivity index (χ1n) is 5.86. The van der Waals surface area contributed by atoms with Crippen molar-refractivity contribution in [3.05, 3.63) is 22.1 Å². The first kappa shape index (κ1) is 14.6. The number of nitrogens with two attached hydrogens (primary N) is 1. The van der Waals surface area contributed by atoms with Gasteiger partial charge in [0.15, 0.2) is 0 Å². The molecule has 0 atom stereocenters. The van der Waals surface area contributed by atoms with E-state index in [0.717, 1.165) is 12.1 Å². The van der Waals surface area contributed by atoms with Crippen molar-refractivity contribution in [2.45, 2.75) is 53.4 Å². The summed E-state index contributed by atoms with van der Waals surface area (Å²) >= 11 is 1.79. The Hall–Kier alpha value is -0.370. The molecule has 0 rings (SSSR count). The molecule has 0 aromatic rings. The van der Waals surface area contributed by atoms with Crippen LogP contribution in [0.4, 0.5) is 0 Å². The van der Waals surface area contributed by atoms with Crippen molar-refractivity contribution in [2.24, 2.45) is 11.7 Å². The molecular formula is C13H25NS. The van der Waals surface area contributed by atoms with Crippen molar-refractivity contribution in [1.82, 2.24) is 0 Å².